The van der Waals surface area contributed by atoms with Crippen LogP contribution in [0, 0.1) is 36.1 Å². The molecule has 0 amide bonds. The second-order valence-corrected chi connectivity index (χ2v) is 12.2. The van der Waals surface area contributed by atoms with Gasteiger partial charge in [-0.05, 0) is 66.8 Å². The molecule has 1 heterocycles. The van der Waals surface area contributed by atoms with Crippen molar-refractivity contribution in [3.05, 3.63) is 121 Å². The number of aryl methyl sites for hydroxylation is 1. The Morgan fingerprint density at radius 1 is 0.951 bits per heavy atom. The van der Waals surface area contributed by atoms with Gasteiger partial charge in [-0.25, -0.2) is 17.6 Å². The van der Waals surface area contributed by atoms with Crippen LogP contribution in [0.1, 0.15) is 68.1 Å². The molecule has 1 unspecified atom stereocenters. The van der Waals surface area contributed by atoms with E-state index in [0.29, 0.717) is 15.7 Å². The smallest absolute Gasteiger partial charge is 0.162 e. The van der Waals surface area contributed by atoms with E-state index >= 15 is 8.78 Å². The molecule has 8 heteroatoms. The van der Waals surface area contributed by atoms with Crippen LogP contribution in [-0.2, 0) is 11.2 Å². The molecule has 1 atom stereocenters. The summed E-state index contributed by atoms with van der Waals surface area (Å²) in [7, 11) is 0. The largest absolute Gasteiger partial charge is 0.308 e. The van der Waals surface area contributed by atoms with Gasteiger partial charge in [0.05, 0.1) is 5.03 Å². The molecule has 1 aliphatic heterocycles. The highest BCUT2D eigenvalue weighted by Gasteiger charge is 2.37. The van der Waals surface area contributed by atoms with Gasteiger partial charge >= 0.3 is 0 Å². The molecule has 3 aromatic carbocycles. The number of Topliss-reactive ketones (excluding diaryl/α,β-unsaturated/α-hetero) is 1. The minimum absolute atomic E-state index is 0.00919. The molecule has 0 aromatic heterocycles. The summed E-state index contributed by atoms with van der Waals surface area (Å²) < 4.78 is 58.7. The summed E-state index contributed by atoms with van der Waals surface area (Å²) in [5.41, 5.74) is 3.08. The van der Waals surface area contributed by atoms with Gasteiger partial charge in [0.1, 0.15) is 11.6 Å². The number of carbonyl (C=O) groups is 1. The van der Waals surface area contributed by atoms with Gasteiger partial charge < -0.3 is 4.90 Å². The predicted octanol–water partition coefficient (Wildman–Crippen LogP) is 10.3. The Labute approximate surface area is 248 Å². The number of rotatable bonds is 8. The highest BCUT2D eigenvalue weighted by molar-refractivity contribution is 8.02. The summed E-state index contributed by atoms with van der Waals surface area (Å²) >= 11 is 7.69. The van der Waals surface area contributed by atoms with Gasteiger partial charge in [0.2, 0.25) is 0 Å². The van der Waals surface area contributed by atoms with Crippen molar-refractivity contribution in [3.8, 4) is 0 Å². The molecule has 41 heavy (non-hydrogen) atoms. The number of nitrogens with zero attached hydrogens (tertiary/aromatic N) is 1. The predicted molar refractivity (Wildman–Crippen MR) is 160 cm³/mol. The summed E-state index contributed by atoms with van der Waals surface area (Å²) in [5, 5.41) is 1.26. The molecular formula is C33H32ClF4NOS. The number of hydrogen-bond acceptors (Lipinski definition) is 3. The first-order valence-electron chi connectivity index (χ1n) is 13.3. The van der Waals surface area contributed by atoms with Crippen molar-refractivity contribution in [2.45, 2.75) is 59.1 Å². The van der Waals surface area contributed by atoms with Crippen molar-refractivity contribution in [3.63, 3.8) is 0 Å². The third-order valence-corrected chi connectivity index (χ3v) is 9.32. The number of anilines is 1. The second-order valence-electron chi connectivity index (χ2n) is 10.8. The Hall–Kier alpha value is -3.03. The Kier molecular flexibility index (Phi) is 9.10. The summed E-state index contributed by atoms with van der Waals surface area (Å²) in [6.45, 7) is 11.5. The average Bonchev–Trinajstić information content (AvgIpc) is 2.92. The molecule has 2 nitrogen and oxygen atoms in total. The van der Waals surface area contributed by atoms with E-state index in [1.54, 1.807) is 6.92 Å². The van der Waals surface area contributed by atoms with E-state index in [9.17, 15) is 13.6 Å². The van der Waals surface area contributed by atoms with E-state index in [-0.39, 0.29) is 35.0 Å². The summed E-state index contributed by atoms with van der Waals surface area (Å²) in [6, 6.07) is 11.6. The van der Waals surface area contributed by atoms with Gasteiger partial charge in [0.15, 0.2) is 17.4 Å². The lowest BCUT2D eigenvalue weighted by atomic mass is 9.77. The number of ketones is 1. The third-order valence-electron chi connectivity index (χ3n) is 7.70. The molecule has 0 spiro atoms. The maximum Gasteiger partial charge on any atom is 0.162 e. The van der Waals surface area contributed by atoms with Gasteiger partial charge in [-0.2, -0.15) is 0 Å². The molecule has 4 rings (SSSR count). The maximum atomic E-state index is 15.1. The van der Waals surface area contributed by atoms with Gasteiger partial charge in [-0.15, -0.1) is 11.8 Å². The SMILES string of the molecule is CCC(=O)c1cc(F)c(CSC2=C(C)C(C)C=C(C(C)(C)c3ccc(C)c(Cl)c3)N2c2ccc(F)c(F)c2)c(F)c1. The minimum atomic E-state index is -1.01. The molecule has 0 fully saturated rings. The lowest BCUT2D eigenvalue weighted by Crippen LogP contribution is -2.37. The van der Waals surface area contributed by atoms with Crippen LogP contribution >= 0.6 is 23.4 Å². The molecule has 0 saturated carbocycles. The normalized spacial score (nSPS) is 15.8. The fraction of sp³-hybridized carbons (Fsp3) is 0.303. The van der Waals surface area contributed by atoms with E-state index < -0.39 is 28.7 Å². The number of hydrogen-bond donors (Lipinski definition) is 0. The molecule has 0 radical (unpaired) electrons. The zero-order valence-corrected chi connectivity index (χ0v) is 25.4. The van der Waals surface area contributed by atoms with Gasteiger partial charge in [0.25, 0.3) is 0 Å². The van der Waals surface area contributed by atoms with Crippen molar-refractivity contribution in [2.75, 3.05) is 4.90 Å². The van der Waals surface area contributed by atoms with Crippen LogP contribution in [0.25, 0.3) is 0 Å². The Morgan fingerprint density at radius 2 is 1.61 bits per heavy atom. The van der Waals surface area contributed by atoms with Crippen LogP contribution in [0.15, 0.2) is 70.9 Å². The third kappa shape index (κ3) is 6.12. The van der Waals surface area contributed by atoms with E-state index in [1.165, 1.54) is 17.8 Å². The fourth-order valence-electron chi connectivity index (χ4n) is 4.84. The first-order valence-corrected chi connectivity index (χ1v) is 14.7. The van der Waals surface area contributed by atoms with Crippen molar-refractivity contribution in [2.24, 2.45) is 5.92 Å². The number of halogens is 5. The molecular weight excluding hydrogens is 570 g/mol. The summed E-state index contributed by atoms with van der Waals surface area (Å²) in [6.07, 6.45) is 2.21. The first kappa shape index (κ1) is 30.9. The van der Waals surface area contributed by atoms with Crippen LogP contribution in [0.5, 0.6) is 0 Å². The summed E-state index contributed by atoms with van der Waals surface area (Å²) in [4.78, 5) is 13.9. The highest BCUT2D eigenvalue weighted by atomic mass is 35.5. The van der Waals surface area contributed by atoms with Crippen LogP contribution in [0.4, 0.5) is 23.2 Å². The Bertz CT molecular complexity index is 1560. The molecule has 0 aliphatic carbocycles. The number of benzene rings is 3. The zero-order valence-electron chi connectivity index (χ0n) is 23.8. The van der Waals surface area contributed by atoms with Gasteiger partial charge in [-0.3, -0.25) is 4.79 Å². The van der Waals surface area contributed by atoms with Crippen molar-refractivity contribution in [1.82, 2.24) is 0 Å². The van der Waals surface area contributed by atoms with E-state index in [4.69, 9.17) is 11.6 Å². The molecule has 0 bridgehead atoms. The molecule has 0 N–H and O–H groups in total. The van der Waals surface area contributed by atoms with Crippen LogP contribution in [0.3, 0.4) is 0 Å². The molecule has 216 valence electrons. The summed E-state index contributed by atoms with van der Waals surface area (Å²) in [5.74, 6) is -4.08. The lowest BCUT2D eigenvalue weighted by Gasteiger charge is -2.43. The van der Waals surface area contributed by atoms with Gasteiger partial charge in [0, 0.05) is 51.2 Å². The topological polar surface area (TPSA) is 20.3 Å². The maximum absolute atomic E-state index is 15.1. The second kappa shape index (κ2) is 12.1. The van der Waals surface area contributed by atoms with Crippen molar-refractivity contribution in [1.29, 1.82) is 0 Å². The fourth-order valence-corrected chi connectivity index (χ4v) is 6.32. The van der Waals surface area contributed by atoms with Crippen molar-refractivity contribution < 1.29 is 22.4 Å². The van der Waals surface area contributed by atoms with Crippen LogP contribution in [-0.4, -0.2) is 5.78 Å². The van der Waals surface area contributed by atoms with Crippen LogP contribution in [0.2, 0.25) is 5.02 Å². The molecule has 1 aliphatic rings. The van der Waals surface area contributed by atoms with E-state index in [2.05, 4.69) is 6.08 Å². The van der Waals surface area contributed by atoms with Crippen LogP contribution < -0.4 is 4.90 Å². The molecule has 3 aromatic rings. The monoisotopic (exact) mass is 601 g/mol. The molecule has 0 saturated heterocycles. The Morgan fingerprint density at radius 3 is 2.20 bits per heavy atom. The van der Waals surface area contributed by atoms with E-state index in [1.807, 2.05) is 57.7 Å². The van der Waals surface area contributed by atoms with Gasteiger partial charge in [-0.1, -0.05) is 57.5 Å². The highest BCUT2D eigenvalue weighted by Crippen LogP contribution is 2.47. The van der Waals surface area contributed by atoms with Crippen molar-refractivity contribution >= 4 is 34.8 Å². The quantitative estimate of drug-likeness (QED) is 0.189. The number of thioether (sulfide) groups is 1. The zero-order chi connectivity index (χ0) is 30.2. The average molecular weight is 602 g/mol. The number of allylic oxidation sites excluding steroid dienone is 3. The Balaban J connectivity index is 1.82. The van der Waals surface area contributed by atoms with E-state index in [0.717, 1.165) is 46.7 Å². The standard InChI is InChI=1S/C33H32ClF4NOS/c1-7-30(40)21-13-27(36)24(28(37)14-21)17-41-32-20(4)19(3)12-31(39(32)23-10-11-26(35)29(38)16-23)33(5,6)22-9-8-18(2)25(34)15-22/h8-16,19H,7,17H2,1-6H3. The number of carbonyl (C=O) groups excluding carboxylic acids is 1. The first-order chi connectivity index (χ1) is 19.3. The minimum Gasteiger partial charge on any atom is -0.308 e. The lowest BCUT2D eigenvalue weighted by molar-refractivity contribution is 0.0987.